The number of nitrogens with one attached hydrogen (secondary N) is 1. The first-order valence-electron chi connectivity index (χ1n) is 14.7. The molecule has 4 aromatic rings. The van der Waals surface area contributed by atoms with Crippen LogP contribution in [0.1, 0.15) is 28.8 Å². The van der Waals surface area contributed by atoms with E-state index < -0.39 is 12.7 Å². The molecule has 1 saturated carbocycles. The van der Waals surface area contributed by atoms with Gasteiger partial charge in [0, 0.05) is 44.2 Å². The van der Waals surface area contributed by atoms with Gasteiger partial charge in [0.15, 0.2) is 5.82 Å². The fourth-order valence-electron chi connectivity index (χ4n) is 6.21. The van der Waals surface area contributed by atoms with E-state index in [9.17, 15) is 9.18 Å². The molecule has 2 fully saturated rings. The van der Waals surface area contributed by atoms with E-state index in [0.29, 0.717) is 37.7 Å². The summed E-state index contributed by atoms with van der Waals surface area (Å²) in [5.74, 6) is 2.27. The lowest BCUT2D eigenvalue weighted by atomic mass is 9.97. The standard InChI is InChI=1S/C31H37FN6O3/c1-36-26-11-20-7-9-37(16-22(33)14-32)31(39)24(20)13-25(26)35-30(36)27-12-21-3-2-4-28(29(21)38(27)15-19-5-6-19)41-18-23-17-40-10-8-34-23/h2-4,11-13,19,22-23,34H,5-10,14-18,33H2,1H3. The molecular formula is C31H37FN6O3. The van der Waals surface area contributed by atoms with Crippen LogP contribution in [0.3, 0.4) is 0 Å². The van der Waals surface area contributed by atoms with Crippen LogP contribution in [0.25, 0.3) is 33.5 Å². The van der Waals surface area contributed by atoms with E-state index in [0.717, 1.165) is 64.5 Å². The Morgan fingerprint density at radius 3 is 2.93 bits per heavy atom. The number of fused-ring (bicyclic) bond motifs is 3. The zero-order chi connectivity index (χ0) is 28.1. The molecule has 0 spiro atoms. The average molecular weight is 561 g/mol. The molecule has 10 heteroatoms. The van der Waals surface area contributed by atoms with Crippen LogP contribution >= 0.6 is 0 Å². The summed E-state index contributed by atoms with van der Waals surface area (Å²) < 4.78 is 29.6. The molecule has 2 unspecified atom stereocenters. The number of amides is 1. The SMILES string of the molecule is Cn1c(-c2cc3cccc(OCC4COCCN4)c3n2CC2CC2)nc2cc3c(cc21)CCN(CC(N)CF)C3=O. The van der Waals surface area contributed by atoms with Crippen molar-refractivity contribution >= 4 is 27.8 Å². The highest BCUT2D eigenvalue weighted by Gasteiger charge is 2.29. The largest absolute Gasteiger partial charge is 0.490 e. The Morgan fingerprint density at radius 2 is 2.15 bits per heavy atom. The van der Waals surface area contributed by atoms with Gasteiger partial charge in [-0.05, 0) is 55.0 Å². The number of carbonyl (C=O) groups excluding carboxylic acids is 1. The molecule has 1 aliphatic carbocycles. The highest BCUT2D eigenvalue weighted by atomic mass is 19.1. The number of halogens is 1. The van der Waals surface area contributed by atoms with Gasteiger partial charge in [0.05, 0.1) is 47.5 Å². The second kappa shape index (κ2) is 10.7. The molecule has 1 amide bonds. The number of imidazole rings is 1. The highest BCUT2D eigenvalue weighted by molar-refractivity contribution is 6.01. The molecule has 2 atom stereocenters. The maximum atomic E-state index is 13.3. The molecule has 7 rings (SSSR count). The lowest BCUT2D eigenvalue weighted by molar-refractivity contribution is 0.0594. The van der Waals surface area contributed by atoms with Crippen molar-refractivity contribution in [3.63, 3.8) is 0 Å². The van der Waals surface area contributed by atoms with E-state index in [1.807, 2.05) is 25.2 Å². The molecule has 2 aromatic carbocycles. The van der Waals surface area contributed by atoms with E-state index in [4.69, 9.17) is 20.2 Å². The summed E-state index contributed by atoms with van der Waals surface area (Å²) in [5.41, 5.74) is 11.3. The maximum Gasteiger partial charge on any atom is 0.254 e. The van der Waals surface area contributed by atoms with Gasteiger partial charge in [-0.1, -0.05) is 12.1 Å². The molecule has 41 heavy (non-hydrogen) atoms. The number of hydrogen-bond donors (Lipinski definition) is 2. The Hall–Kier alpha value is -3.47. The first-order chi connectivity index (χ1) is 20.0. The van der Waals surface area contributed by atoms with Crippen molar-refractivity contribution in [1.82, 2.24) is 24.3 Å². The third kappa shape index (κ3) is 4.98. The Bertz CT molecular complexity index is 1600. The highest BCUT2D eigenvalue weighted by Crippen LogP contribution is 2.39. The van der Waals surface area contributed by atoms with Gasteiger partial charge in [0.2, 0.25) is 0 Å². The number of benzene rings is 2. The lowest BCUT2D eigenvalue weighted by Gasteiger charge is -2.30. The summed E-state index contributed by atoms with van der Waals surface area (Å²) >= 11 is 0. The number of nitrogens with zero attached hydrogens (tertiary/aromatic N) is 4. The van der Waals surface area contributed by atoms with E-state index in [2.05, 4.69) is 32.7 Å². The Labute approximate surface area is 238 Å². The van der Waals surface area contributed by atoms with Crippen molar-refractivity contribution in [3.8, 4) is 17.3 Å². The van der Waals surface area contributed by atoms with Gasteiger partial charge >= 0.3 is 0 Å². The van der Waals surface area contributed by atoms with Crippen LogP contribution in [-0.4, -0.2) is 83.1 Å². The second-order valence-electron chi connectivity index (χ2n) is 11.7. The fraction of sp³-hybridized carbons (Fsp3) is 0.484. The summed E-state index contributed by atoms with van der Waals surface area (Å²) in [4.78, 5) is 20.0. The number of carbonyl (C=O) groups is 1. The summed E-state index contributed by atoms with van der Waals surface area (Å²) in [6.45, 7) is 3.79. The summed E-state index contributed by atoms with van der Waals surface area (Å²) in [6, 6.07) is 11.9. The molecule has 1 saturated heterocycles. The van der Waals surface area contributed by atoms with Gasteiger partial charge in [-0.15, -0.1) is 0 Å². The number of rotatable bonds is 9. The van der Waals surface area contributed by atoms with Crippen molar-refractivity contribution in [2.75, 3.05) is 46.1 Å². The number of aryl methyl sites for hydroxylation is 1. The number of ether oxygens (including phenoxy) is 2. The molecule has 3 N–H and O–H groups in total. The van der Waals surface area contributed by atoms with E-state index in [1.165, 1.54) is 12.8 Å². The topological polar surface area (TPSA) is 99.6 Å². The number of morpholine rings is 1. The van der Waals surface area contributed by atoms with Gasteiger partial charge in [-0.25, -0.2) is 9.37 Å². The van der Waals surface area contributed by atoms with Crippen LogP contribution in [0.2, 0.25) is 0 Å². The lowest BCUT2D eigenvalue weighted by Crippen LogP contribution is -2.45. The van der Waals surface area contributed by atoms with Crippen molar-refractivity contribution in [2.24, 2.45) is 18.7 Å². The summed E-state index contributed by atoms with van der Waals surface area (Å²) in [7, 11) is 2.04. The zero-order valence-electron chi connectivity index (χ0n) is 23.4. The molecule has 2 aromatic heterocycles. The molecule has 3 aliphatic rings. The summed E-state index contributed by atoms with van der Waals surface area (Å²) in [5, 5.41) is 4.59. The Balaban J connectivity index is 1.27. The molecule has 4 heterocycles. The van der Waals surface area contributed by atoms with Crippen LogP contribution in [0, 0.1) is 5.92 Å². The molecule has 216 valence electrons. The van der Waals surface area contributed by atoms with Crippen molar-refractivity contribution in [1.29, 1.82) is 0 Å². The number of aromatic nitrogens is 3. The van der Waals surface area contributed by atoms with Crippen LogP contribution in [0.4, 0.5) is 4.39 Å². The van der Waals surface area contributed by atoms with Crippen molar-refractivity contribution < 1.29 is 18.7 Å². The van der Waals surface area contributed by atoms with Crippen LogP contribution in [0.15, 0.2) is 36.4 Å². The number of para-hydroxylation sites is 1. The molecule has 0 bridgehead atoms. The number of alkyl halides is 1. The van der Waals surface area contributed by atoms with Crippen LogP contribution in [-0.2, 0) is 24.8 Å². The first-order valence-corrected chi connectivity index (χ1v) is 14.7. The molecular weight excluding hydrogens is 523 g/mol. The molecule has 9 nitrogen and oxygen atoms in total. The minimum absolute atomic E-state index is 0.105. The van der Waals surface area contributed by atoms with Gasteiger partial charge < -0.3 is 34.6 Å². The quantitative estimate of drug-likeness (QED) is 0.326. The summed E-state index contributed by atoms with van der Waals surface area (Å²) in [6.07, 6.45) is 3.16. The zero-order valence-corrected chi connectivity index (χ0v) is 23.4. The van der Waals surface area contributed by atoms with E-state index in [-0.39, 0.29) is 18.5 Å². The Morgan fingerprint density at radius 1 is 1.27 bits per heavy atom. The third-order valence-corrected chi connectivity index (χ3v) is 8.62. The predicted octanol–water partition coefficient (Wildman–Crippen LogP) is 3.27. The maximum absolute atomic E-state index is 13.3. The smallest absolute Gasteiger partial charge is 0.254 e. The van der Waals surface area contributed by atoms with E-state index in [1.54, 1.807) is 4.90 Å². The van der Waals surface area contributed by atoms with E-state index >= 15 is 0 Å². The van der Waals surface area contributed by atoms with Crippen LogP contribution in [0.5, 0.6) is 5.75 Å². The third-order valence-electron chi connectivity index (χ3n) is 8.62. The first kappa shape index (κ1) is 26.4. The minimum atomic E-state index is -0.666. The monoisotopic (exact) mass is 560 g/mol. The average Bonchev–Trinajstić information content (AvgIpc) is 3.67. The number of nitrogens with two attached hydrogens (primary N) is 1. The van der Waals surface area contributed by atoms with Gasteiger partial charge in [0.1, 0.15) is 19.0 Å². The minimum Gasteiger partial charge on any atom is -0.490 e. The van der Waals surface area contributed by atoms with Gasteiger partial charge in [0.25, 0.3) is 5.91 Å². The predicted molar refractivity (Wildman–Crippen MR) is 156 cm³/mol. The molecule has 0 radical (unpaired) electrons. The van der Waals surface area contributed by atoms with Crippen molar-refractivity contribution in [2.45, 2.75) is 37.9 Å². The van der Waals surface area contributed by atoms with Gasteiger partial charge in [-0.2, -0.15) is 0 Å². The number of hydrogen-bond acceptors (Lipinski definition) is 6. The fourth-order valence-corrected chi connectivity index (χ4v) is 6.21. The van der Waals surface area contributed by atoms with Crippen molar-refractivity contribution in [3.05, 3.63) is 47.5 Å². The Kier molecular flexibility index (Phi) is 6.92. The second-order valence-corrected chi connectivity index (χ2v) is 11.7. The molecule has 2 aliphatic heterocycles. The van der Waals surface area contributed by atoms with Crippen LogP contribution < -0.4 is 15.8 Å². The normalized spacial score (nSPS) is 20.1. The van der Waals surface area contributed by atoms with Gasteiger partial charge in [-0.3, -0.25) is 4.79 Å².